The van der Waals surface area contributed by atoms with Crippen molar-refractivity contribution in [2.75, 3.05) is 5.73 Å². The Kier molecular flexibility index (Phi) is 3.23. The maximum Gasteiger partial charge on any atom is 0.237 e. The molecule has 0 unspecified atom stereocenters. The fraction of sp³-hybridized carbons (Fsp3) is 0.385. The van der Waals surface area contributed by atoms with Crippen LogP contribution in [0.15, 0.2) is 16.8 Å². The van der Waals surface area contributed by atoms with Gasteiger partial charge in [0.2, 0.25) is 5.88 Å². The van der Waals surface area contributed by atoms with E-state index in [9.17, 15) is 0 Å². The van der Waals surface area contributed by atoms with Crippen molar-refractivity contribution in [3.63, 3.8) is 0 Å². The average Bonchev–Trinajstić information content (AvgIpc) is 2.61. The van der Waals surface area contributed by atoms with Crippen molar-refractivity contribution in [3.05, 3.63) is 23.7 Å². The molecular weight excluding hydrogens is 230 g/mol. The third kappa shape index (κ3) is 2.30. The monoisotopic (exact) mass is 247 g/mol. The van der Waals surface area contributed by atoms with E-state index in [4.69, 9.17) is 15.0 Å². The van der Waals surface area contributed by atoms with Gasteiger partial charge in [0.1, 0.15) is 5.76 Å². The average molecular weight is 247 g/mol. The lowest BCUT2D eigenvalue weighted by Crippen LogP contribution is -2.09. The lowest BCUT2D eigenvalue weighted by Gasteiger charge is -2.11. The summed E-state index contributed by atoms with van der Waals surface area (Å²) in [6.07, 6.45) is 1.77. The summed E-state index contributed by atoms with van der Waals surface area (Å²) in [6.45, 7) is 7.62. The van der Waals surface area contributed by atoms with Crippen LogP contribution in [0.1, 0.15) is 25.3 Å². The quantitative estimate of drug-likeness (QED) is 0.902. The molecule has 0 aromatic carbocycles. The SMILES string of the molecule is Cc1noc(C)c1-c1cnc(OC(C)C)c(N)c1. The van der Waals surface area contributed by atoms with Gasteiger partial charge in [-0.25, -0.2) is 4.98 Å². The van der Waals surface area contributed by atoms with E-state index < -0.39 is 0 Å². The Labute approximate surface area is 106 Å². The van der Waals surface area contributed by atoms with Crippen molar-refractivity contribution < 1.29 is 9.26 Å². The van der Waals surface area contributed by atoms with E-state index in [1.165, 1.54) is 0 Å². The first-order chi connectivity index (χ1) is 8.49. The third-order valence-corrected chi connectivity index (χ3v) is 2.55. The molecule has 0 saturated heterocycles. The van der Waals surface area contributed by atoms with E-state index in [1.807, 2.05) is 33.8 Å². The second-order valence-electron chi connectivity index (χ2n) is 4.48. The van der Waals surface area contributed by atoms with E-state index >= 15 is 0 Å². The number of aryl methyl sites for hydroxylation is 2. The Balaban J connectivity index is 2.40. The van der Waals surface area contributed by atoms with Gasteiger partial charge in [-0.15, -0.1) is 0 Å². The van der Waals surface area contributed by atoms with Crippen molar-refractivity contribution >= 4 is 5.69 Å². The van der Waals surface area contributed by atoms with Gasteiger partial charge in [-0.05, 0) is 33.8 Å². The van der Waals surface area contributed by atoms with Crippen LogP contribution in [-0.2, 0) is 0 Å². The Morgan fingerprint density at radius 3 is 2.56 bits per heavy atom. The number of pyridine rings is 1. The van der Waals surface area contributed by atoms with E-state index in [0.29, 0.717) is 11.6 Å². The number of aromatic nitrogens is 2. The zero-order valence-electron chi connectivity index (χ0n) is 11.0. The predicted molar refractivity (Wildman–Crippen MR) is 69.4 cm³/mol. The highest BCUT2D eigenvalue weighted by atomic mass is 16.5. The number of nitrogens with two attached hydrogens (primary N) is 1. The molecule has 2 aromatic rings. The summed E-state index contributed by atoms with van der Waals surface area (Å²) in [5.41, 5.74) is 9.10. The minimum Gasteiger partial charge on any atom is -0.473 e. The smallest absolute Gasteiger partial charge is 0.237 e. The summed E-state index contributed by atoms with van der Waals surface area (Å²) in [5, 5.41) is 3.92. The molecule has 0 aliphatic heterocycles. The van der Waals surface area contributed by atoms with Crippen LogP contribution in [-0.4, -0.2) is 16.2 Å². The first kappa shape index (κ1) is 12.4. The minimum atomic E-state index is 0.0460. The number of hydrogen-bond donors (Lipinski definition) is 1. The number of anilines is 1. The lowest BCUT2D eigenvalue weighted by atomic mass is 10.1. The van der Waals surface area contributed by atoms with E-state index in [-0.39, 0.29) is 6.10 Å². The van der Waals surface area contributed by atoms with E-state index in [1.54, 1.807) is 6.20 Å². The van der Waals surface area contributed by atoms with Crippen molar-refractivity contribution in [2.45, 2.75) is 33.8 Å². The first-order valence-electron chi connectivity index (χ1n) is 5.84. The van der Waals surface area contributed by atoms with Gasteiger partial charge in [-0.1, -0.05) is 5.16 Å². The van der Waals surface area contributed by atoms with Gasteiger partial charge in [0.15, 0.2) is 0 Å². The van der Waals surface area contributed by atoms with Crippen LogP contribution >= 0.6 is 0 Å². The van der Waals surface area contributed by atoms with Crippen molar-refractivity contribution in [1.29, 1.82) is 0 Å². The molecule has 5 heteroatoms. The molecule has 0 spiro atoms. The van der Waals surface area contributed by atoms with Gasteiger partial charge >= 0.3 is 0 Å². The highest BCUT2D eigenvalue weighted by molar-refractivity contribution is 5.71. The molecule has 0 bridgehead atoms. The molecule has 96 valence electrons. The fourth-order valence-corrected chi connectivity index (χ4v) is 1.82. The molecule has 5 nitrogen and oxygen atoms in total. The van der Waals surface area contributed by atoms with Crippen LogP contribution in [0.5, 0.6) is 5.88 Å². The molecule has 2 heterocycles. The molecule has 0 atom stereocenters. The molecular formula is C13H17N3O2. The topological polar surface area (TPSA) is 74.2 Å². The van der Waals surface area contributed by atoms with Crippen LogP contribution in [0.4, 0.5) is 5.69 Å². The van der Waals surface area contributed by atoms with Gasteiger partial charge in [-0.3, -0.25) is 0 Å². The standard InChI is InChI=1S/C13H17N3O2/c1-7(2)17-13-11(14)5-10(6-15-13)12-8(3)16-18-9(12)4/h5-7H,14H2,1-4H3. The van der Waals surface area contributed by atoms with Crippen molar-refractivity contribution in [3.8, 4) is 17.0 Å². The molecule has 0 saturated carbocycles. The maximum atomic E-state index is 5.94. The second-order valence-corrected chi connectivity index (χ2v) is 4.48. The Morgan fingerprint density at radius 1 is 1.33 bits per heavy atom. The summed E-state index contributed by atoms with van der Waals surface area (Å²) in [4.78, 5) is 4.24. The van der Waals surface area contributed by atoms with E-state index in [0.717, 1.165) is 22.6 Å². The second kappa shape index (κ2) is 4.68. The van der Waals surface area contributed by atoms with Crippen LogP contribution in [0.3, 0.4) is 0 Å². The molecule has 0 aliphatic carbocycles. The van der Waals surface area contributed by atoms with Crippen molar-refractivity contribution in [1.82, 2.24) is 10.1 Å². The highest BCUT2D eigenvalue weighted by Gasteiger charge is 2.14. The zero-order chi connectivity index (χ0) is 13.3. The molecule has 0 radical (unpaired) electrons. The molecule has 0 aliphatic rings. The molecule has 2 aromatic heterocycles. The van der Waals surface area contributed by atoms with Crippen molar-refractivity contribution in [2.24, 2.45) is 0 Å². The Hall–Kier alpha value is -2.04. The summed E-state index contributed by atoms with van der Waals surface area (Å²) >= 11 is 0. The molecule has 0 fully saturated rings. The van der Waals surface area contributed by atoms with Gasteiger partial charge in [0.25, 0.3) is 0 Å². The summed E-state index contributed by atoms with van der Waals surface area (Å²) in [5.74, 6) is 1.21. The van der Waals surface area contributed by atoms with Crippen LogP contribution in [0.25, 0.3) is 11.1 Å². The minimum absolute atomic E-state index is 0.0460. The number of rotatable bonds is 3. The Bertz CT molecular complexity index is 542. The largest absolute Gasteiger partial charge is 0.473 e. The third-order valence-electron chi connectivity index (χ3n) is 2.55. The molecule has 2 rings (SSSR count). The normalized spacial score (nSPS) is 10.9. The first-order valence-corrected chi connectivity index (χ1v) is 5.84. The summed E-state index contributed by atoms with van der Waals surface area (Å²) in [7, 11) is 0. The number of hydrogen-bond acceptors (Lipinski definition) is 5. The molecule has 18 heavy (non-hydrogen) atoms. The van der Waals surface area contributed by atoms with E-state index in [2.05, 4.69) is 10.1 Å². The Morgan fingerprint density at radius 2 is 2.06 bits per heavy atom. The fourth-order valence-electron chi connectivity index (χ4n) is 1.82. The predicted octanol–water partition coefficient (Wildman–Crippen LogP) is 2.72. The summed E-state index contributed by atoms with van der Waals surface area (Å²) in [6, 6.07) is 1.83. The van der Waals surface area contributed by atoms with Gasteiger partial charge < -0.3 is 15.0 Å². The molecule has 2 N–H and O–H groups in total. The maximum absolute atomic E-state index is 5.94. The van der Waals surface area contributed by atoms with Crippen LogP contribution in [0, 0.1) is 13.8 Å². The van der Waals surface area contributed by atoms with Crippen LogP contribution < -0.4 is 10.5 Å². The lowest BCUT2D eigenvalue weighted by molar-refractivity contribution is 0.234. The highest BCUT2D eigenvalue weighted by Crippen LogP contribution is 2.30. The van der Waals surface area contributed by atoms with Gasteiger partial charge in [-0.2, -0.15) is 0 Å². The number of ether oxygens (including phenoxy) is 1. The number of nitrogen functional groups attached to an aromatic ring is 1. The zero-order valence-corrected chi connectivity index (χ0v) is 11.0. The van der Waals surface area contributed by atoms with Gasteiger partial charge in [0.05, 0.1) is 17.5 Å². The number of nitrogens with zero attached hydrogens (tertiary/aromatic N) is 2. The molecule has 0 amide bonds. The van der Waals surface area contributed by atoms with Gasteiger partial charge in [0, 0.05) is 17.3 Å². The summed E-state index contributed by atoms with van der Waals surface area (Å²) < 4.78 is 10.6. The van der Waals surface area contributed by atoms with Crippen LogP contribution in [0.2, 0.25) is 0 Å².